The van der Waals surface area contributed by atoms with Gasteiger partial charge in [0.15, 0.2) is 0 Å². The summed E-state index contributed by atoms with van der Waals surface area (Å²) in [6.07, 6.45) is 1.58. The lowest BCUT2D eigenvalue weighted by molar-refractivity contribution is 0.0792. The summed E-state index contributed by atoms with van der Waals surface area (Å²) in [4.78, 5) is 10.8. The fourth-order valence-electron chi connectivity index (χ4n) is 2.83. The summed E-state index contributed by atoms with van der Waals surface area (Å²) in [5.74, 6) is 1.34. The zero-order valence-corrected chi connectivity index (χ0v) is 13.9. The number of aryl methyl sites for hydroxylation is 1. The van der Waals surface area contributed by atoms with Crippen LogP contribution in [0.15, 0.2) is 30.3 Å². The standard InChI is InChI=1S/C17H21ClN4O/c1-12-19-16(18)10-17(20-12)21-14-4-2-3-13(9-14)11-22-7-5-15(23)6-8-22/h2-4,9-10,15,23H,5-8,11H2,1H3,(H,19,20,21). The van der Waals surface area contributed by atoms with Crippen LogP contribution in [0.5, 0.6) is 0 Å². The molecular weight excluding hydrogens is 312 g/mol. The van der Waals surface area contributed by atoms with Crippen LogP contribution in [-0.4, -0.2) is 39.2 Å². The van der Waals surface area contributed by atoms with E-state index in [1.807, 2.05) is 19.1 Å². The predicted octanol–water partition coefficient (Wildman–Crippen LogP) is 3.14. The Bertz CT molecular complexity index is 651. The Labute approximate surface area is 141 Å². The summed E-state index contributed by atoms with van der Waals surface area (Å²) < 4.78 is 0. The molecule has 5 nitrogen and oxygen atoms in total. The molecule has 23 heavy (non-hydrogen) atoms. The molecule has 0 unspecified atom stereocenters. The first-order chi connectivity index (χ1) is 11.1. The quantitative estimate of drug-likeness (QED) is 0.842. The van der Waals surface area contributed by atoms with Gasteiger partial charge in [0.05, 0.1) is 6.10 Å². The predicted molar refractivity (Wildman–Crippen MR) is 92.0 cm³/mol. The number of aliphatic hydroxyl groups is 1. The monoisotopic (exact) mass is 332 g/mol. The van der Waals surface area contributed by atoms with Gasteiger partial charge in [0.1, 0.15) is 16.8 Å². The second kappa shape index (κ2) is 7.25. The average Bonchev–Trinajstić information content (AvgIpc) is 2.49. The molecule has 1 aromatic heterocycles. The van der Waals surface area contributed by atoms with E-state index >= 15 is 0 Å². The van der Waals surface area contributed by atoms with Gasteiger partial charge in [-0.3, -0.25) is 4.90 Å². The number of hydrogen-bond acceptors (Lipinski definition) is 5. The van der Waals surface area contributed by atoms with Crippen molar-refractivity contribution in [2.24, 2.45) is 0 Å². The van der Waals surface area contributed by atoms with E-state index in [1.54, 1.807) is 6.07 Å². The Morgan fingerprint density at radius 2 is 2.04 bits per heavy atom. The Kier molecular flexibility index (Phi) is 5.10. The Morgan fingerprint density at radius 1 is 1.26 bits per heavy atom. The van der Waals surface area contributed by atoms with E-state index < -0.39 is 0 Å². The third-order valence-electron chi connectivity index (χ3n) is 3.97. The van der Waals surface area contributed by atoms with Crippen molar-refractivity contribution in [3.05, 3.63) is 46.9 Å². The lowest BCUT2D eigenvalue weighted by Crippen LogP contribution is -2.35. The number of halogens is 1. The third-order valence-corrected chi connectivity index (χ3v) is 4.16. The molecule has 122 valence electrons. The maximum atomic E-state index is 9.59. The lowest BCUT2D eigenvalue weighted by atomic mass is 10.1. The van der Waals surface area contributed by atoms with Crippen LogP contribution in [0.3, 0.4) is 0 Å². The molecule has 2 heterocycles. The van der Waals surface area contributed by atoms with Crippen molar-refractivity contribution in [1.82, 2.24) is 14.9 Å². The second-order valence-corrected chi connectivity index (χ2v) is 6.34. The van der Waals surface area contributed by atoms with Gasteiger partial charge in [-0.25, -0.2) is 9.97 Å². The molecule has 0 atom stereocenters. The largest absolute Gasteiger partial charge is 0.393 e. The molecule has 1 aliphatic rings. The van der Waals surface area contributed by atoms with Crippen LogP contribution in [0.25, 0.3) is 0 Å². The molecule has 1 aromatic carbocycles. The first-order valence-corrected chi connectivity index (χ1v) is 8.24. The maximum absolute atomic E-state index is 9.59. The van der Waals surface area contributed by atoms with Crippen molar-refractivity contribution in [3.8, 4) is 0 Å². The number of rotatable bonds is 4. The lowest BCUT2D eigenvalue weighted by Gasteiger charge is -2.29. The highest BCUT2D eigenvalue weighted by Gasteiger charge is 2.16. The van der Waals surface area contributed by atoms with E-state index in [0.29, 0.717) is 16.8 Å². The summed E-state index contributed by atoms with van der Waals surface area (Å²) in [7, 11) is 0. The normalized spacial score (nSPS) is 16.5. The summed E-state index contributed by atoms with van der Waals surface area (Å²) >= 11 is 5.97. The summed E-state index contributed by atoms with van der Waals surface area (Å²) in [6.45, 7) is 4.60. The first kappa shape index (κ1) is 16.2. The fourth-order valence-corrected chi connectivity index (χ4v) is 3.05. The summed E-state index contributed by atoms with van der Waals surface area (Å²) in [6, 6.07) is 10.00. The highest BCUT2D eigenvalue weighted by Crippen LogP contribution is 2.20. The van der Waals surface area contributed by atoms with Crippen LogP contribution >= 0.6 is 11.6 Å². The molecule has 6 heteroatoms. The Hall–Kier alpha value is -1.69. The van der Waals surface area contributed by atoms with Gasteiger partial charge in [-0.1, -0.05) is 23.7 Å². The van der Waals surface area contributed by atoms with Crippen LogP contribution in [0.2, 0.25) is 5.15 Å². The molecule has 0 aliphatic carbocycles. The van der Waals surface area contributed by atoms with E-state index in [-0.39, 0.29) is 6.10 Å². The minimum atomic E-state index is -0.134. The Balaban J connectivity index is 1.67. The van der Waals surface area contributed by atoms with Gasteiger partial charge in [-0.2, -0.15) is 0 Å². The van der Waals surface area contributed by atoms with Gasteiger partial charge in [-0.15, -0.1) is 0 Å². The van der Waals surface area contributed by atoms with Gasteiger partial charge in [0.25, 0.3) is 0 Å². The molecule has 2 aromatic rings. The number of piperidine rings is 1. The molecule has 0 bridgehead atoms. The molecule has 0 saturated carbocycles. The van der Waals surface area contributed by atoms with Crippen LogP contribution in [-0.2, 0) is 6.54 Å². The fraction of sp³-hybridized carbons (Fsp3) is 0.412. The molecule has 3 rings (SSSR count). The third kappa shape index (κ3) is 4.64. The van der Waals surface area contributed by atoms with Gasteiger partial charge in [-0.05, 0) is 37.5 Å². The van der Waals surface area contributed by atoms with E-state index in [0.717, 1.165) is 38.2 Å². The van der Waals surface area contributed by atoms with Crippen LogP contribution in [0.1, 0.15) is 24.2 Å². The van der Waals surface area contributed by atoms with Crippen molar-refractivity contribution in [2.45, 2.75) is 32.4 Å². The number of benzene rings is 1. The first-order valence-electron chi connectivity index (χ1n) is 7.86. The van der Waals surface area contributed by atoms with Crippen LogP contribution in [0, 0.1) is 6.92 Å². The van der Waals surface area contributed by atoms with Gasteiger partial charge in [0.2, 0.25) is 0 Å². The number of likely N-dealkylation sites (tertiary alicyclic amines) is 1. The molecule has 0 spiro atoms. The highest BCUT2D eigenvalue weighted by molar-refractivity contribution is 6.29. The summed E-state index contributed by atoms with van der Waals surface area (Å²) in [5.41, 5.74) is 2.22. The maximum Gasteiger partial charge on any atom is 0.135 e. The molecule has 1 fully saturated rings. The van der Waals surface area contributed by atoms with Crippen molar-refractivity contribution in [1.29, 1.82) is 0 Å². The molecule has 1 saturated heterocycles. The number of nitrogens with zero attached hydrogens (tertiary/aromatic N) is 3. The molecule has 2 N–H and O–H groups in total. The van der Waals surface area contributed by atoms with Crippen molar-refractivity contribution < 1.29 is 5.11 Å². The van der Waals surface area contributed by atoms with E-state index in [4.69, 9.17) is 11.6 Å². The van der Waals surface area contributed by atoms with Crippen molar-refractivity contribution >= 4 is 23.1 Å². The molecular formula is C17H21ClN4O. The topological polar surface area (TPSA) is 61.3 Å². The molecule has 0 radical (unpaired) electrons. The molecule has 0 amide bonds. The smallest absolute Gasteiger partial charge is 0.135 e. The van der Waals surface area contributed by atoms with E-state index in [2.05, 4.69) is 32.3 Å². The highest BCUT2D eigenvalue weighted by atomic mass is 35.5. The van der Waals surface area contributed by atoms with E-state index in [1.165, 1.54) is 5.56 Å². The second-order valence-electron chi connectivity index (χ2n) is 5.96. The zero-order chi connectivity index (χ0) is 16.2. The van der Waals surface area contributed by atoms with Crippen LogP contribution in [0.4, 0.5) is 11.5 Å². The summed E-state index contributed by atoms with van der Waals surface area (Å²) in [5, 5.41) is 13.3. The SMILES string of the molecule is Cc1nc(Cl)cc(Nc2cccc(CN3CCC(O)CC3)c2)n1. The minimum absolute atomic E-state index is 0.134. The Morgan fingerprint density at radius 3 is 2.78 bits per heavy atom. The van der Waals surface area contributed by atoms with E-state index in [9.17, 15) is 5.11 Å². The van der Waals surface area contributed by atoms with Crippen LogP contribution < -0.4 is 5.32 Å². The number of nitrogens with one attached hydrogen (secondary N) is 1. The minimum Gasteiger partial charge on any atom is -0.393 e. The average molecular weight is 333 g/mol. The molecule has 1 aliphatic heterocycles. The van der Waals surface area contributed by atoms with Gasteiger partial charge < -0.3 is 10.4 Å². The van der Waals surface area contributed by atoms with Gasteiger partial charge >= 0.3 is 0 Å². The number of aliphatic hydroxyl groups excluding tert-OH is 1. The number of anilines is 2. The number of aromatic nitrogens is 2. The van der Waals surface area contributed by atoms with Gasteiger partial charge in [0, 0.05) is 31.4 Å². The van der Waals surface area contributed by atoms with Crippen molar-refractivity contribution in [2.75, 3.05) is 18.4 Å². The number of hydrogen-bond donors (Lipinski definition) is 2. The van der Waals surface area contributed by atoms with Crippen molar-refractivity contribution in [3.63, 3.8) is 0 Å². The zero-order valence-electron chi connectivity index (χ0n) is 13.2.